The number of fused-ring (bicyclic) bond motifs is 4. The van der Waals surface area contributed by atoms with Gasteiger partial charge in [-0.25, -0.2) is 29.9 Å². The molecule has 8 heterocycles. The van der Waals surface area contributed by atoms with Crippen LogP contribution in [0.15, 0.2) is 251 Å². The van der Waals surface area contributed by atoms with Crippen LogP contribution in [0.3, 0.4) is 0 Å². The van der Waals surface area contributed by atoms with Crippen molar-refractivity contribution in [2.75, 3.05) is 9.80 Å². The second-order valence-electron chi connectivity index (χ2n) is 17.8. The van der Waals surface area contributed by atoms with Gasteiger partial charge in [0, 0.05) is 66.9 Å². The van der Waals surface area contributed by atoms with Gasteiger partial charge in [0.05, 0.1) is 22.7 Å². The molecule has 0 amide bonds. The molecular formula is C62H38N12S2. The molecule has 2 aliphatic heterocycles. The van der Waals surface area contributed by atoms with Crippen molar-refractivity contribution in [1.29, 1.82) is 0 Å². The first-order valence-electron chi connectivity index (χ1n) is 24.4. The van der Waals surface area contributed by atoms with Crippen LogP contribution in [-0.4, -0.2) is 49.8 Å². The van der Waals surface area contributed by atoms with Gasteiger partial charge < -0.3 is 9.80 Å². The summed E-state index contributed by atoms with van der Waals surface area (Å²) >= 11 is 3.56. The molecule has 6 aromatic heterocycles. The molecule has 0 atom stereocenters. The molecule has 0 aliphatic carbocycles. The lowest BCUT2D eigenvalue weighted by atomic mass is 9.97. The number of anilines is 6. The maximum absolute atomic E-state index is 5.17. The molecule has 12 nitrogen and oxygen atoms in total. The zero-order valence-corrected chi connectivity index (χ0v) is 41.8. The van der Waals surface area contributed by atoms with E-state index in [1.165, 1.54) is 0 Å². The predicted octanol–water partition coefficient (Wildman–Crippen LogP) is 15.2. The molecular weight excluding hydrogens is 977 g/mol. The monoisotopic (exact) mass is 1010 g/mol. The van der Waals surface area contributed by atoms with Crippen molar-refractivity contribution >= 4 is 57.6 Å². The van der Waals surface area contributed by atoms with Gasteiger partial charge in [-0.2, -0.15) is 0 Å². The Hall–Kier alpha value is -9.76. The molecule has 6 aromatic carbocycles. The highest BCUT2D eigenvalue weighted by Crippen LogP contribution is 2.55. The number of para-hydroxylation sites is 4. The van der Waals surface area contributed by atoms with Gasteiger partial charge >= 0.3 is 0 Å². The van der Waals surface area contributed by atoms with Crippen molar-refractivity contribution in [1.82, 2.24) is 49.8 Å². The van der Waals surface area contributed by atoms with Crippen molar-refractivity contribution in [3.63, 3.8) is 0 Å². The third-order valence-electron chi connectivity index (χ3n) is 12.9. The Bertz CT molecular complexity index is 3690. The Kier molecular flexibility index (Phi) is 11.4. The van der Waals surface area contributed by atoms with Gasteiger partial charge in [-0.1, -0.05) is 96.3 Å². The van der Waals surface area contributed by atoms with Crippen LogP contribution in [0, 0.1) is 0 Å². The molecule has 0 fully saturated rings. The quantitative estimate of drug-likeness (QED) is 0.136. The minimum absolute atomic E-state index is 0.401. The number of nitrogens with zero attached hydrogens (tertiary/aromatic N) is 12. The molecule has 14 heteroatoms. The maximum atomic E-state index is 5.17. The predicted molar refractivity (Wildman–Crippen MR) is 300 cm³/mol. The largest absolute Gasteiger partial charge is 0.308 e. The number of pyridine rings is 4. The van der Waals surface area contributed by atoms with Crippen LogP contribution in [0.2, 0.25) is 0 Å². The summed E-state index contributed by atoms with van der Waals surface area (Å²) in [6.07, 6.45) is 6.93. The maximum Gasteiger partial charge on any atom is 0.182 e. The van der Waals surface area contributed by atoms with E-state index in [4.69, 9.17) is 29.9 Å². The van der Waals surface area contributed by atoms with Gasteiger partial charge in [-0.3, -0.25) is 19.9 Å². The molecule has 2 aliphatic rings. The van der Waals surface area contributed by atoms with Crippen molar-refractivity contribution in [2.45, 2.75) is 19.6 Å². The molecule has 358 valence electrons. The van der Waals surface area contributed by atoms with E-state index < -0.39 is 0 Å². The van der Waals surface area contributed by atoms with E-state index in [1.807, 2.05) is 78.9 Å². The van der Waals surface area contributed by atoms with E-state index in [2.05, 4.69) is 157 Å². The zero-order chi connectivity index (χ0) is 50.4. The lowest BCUT2D eigenvalue weighted by Crippen LogP contribution is -2.17. The average Bonchev–Trinajstić information content (AvgIpc) is 3.56. The third-order valence-corrected chi connectivity index (χ3v) is 15.2. The SMILES string of the molecule is c1ccc(-c2nc(-c3cc(-c4cc(N5c6ccccc6Sc6ccccc65)cc(N5c6ccccc6Sc6ccccc65)c4)cc(-c4nc(-c5ccccn5)nc(-c5ccccn5)n4)c3)nc(-c3ccccn3)n2)nc1. The van der Waals surface area contributed by atoms with E-state index in [1.54, 1.807) is 48.3 Å². The van der Waals surface area contributed by atoms with E-state index in [0.717, 1.165) is 64.8 Å². The first-order valence-corrected chi connectivity index (χ1v) is 26.1. The first-order chi connectivity index (χ1) is 37.6. The smallest absolute Gasteiger partial charge is 0.182 e. The standard InChI is InChI=1S/C62H38N12S2/c1-5-25-53-49(21-1)73(50-22-2-6-26-54(50)75-53)43-36-40(37-44(38-43)74-51-23-3-7-27-55(51)76-56-28-8-4-24-52(56)74)39-33-41(57-67-59(45-17-9-13-29-63-45)71-60(68-57)46-18-10-14-30-64-46)35-42(34-39)58-69-61(47-19-11-15-31-65-47)72-62(70-58)48-20-12-16-32-66-48/h1-38H. The number of rotatable bonds is 9. The van der Waals surface area contributed by atoms with E-state index >= 15 is 0 Å². The topological polar surface area (TPSA) is 135 Å². The number of hydrogen-bond acceptors (Lipinski definition) is 14. The van der Waals surface area contributed by atoms with Crippen molar-refractivity contribution in [2.24, 2.45) is 0 Å². The Morgan fingerprint density at radius 3 is 0.842 bits per heavy atom. The van der Waals surface area contributed by atoms with Crippen molar-refractivity contribution in [3.8, 4) is 80.0 Å². The second-order valence-corrected chi connectivity index (χ2v) is 19.9. The zero-order valence-electron chi connectivity index (χ0n) is 40.1. The van der Waals surface area contributed by atoms with Gasteiger partial charge in [0.2, 0.25) is 0 Å². The fourth-order valence-electron chi connectivity index (χ4n) is 9.49. The van der Waals surface area contributed by atoms with Gasteiger partial charge in [0.1, 0.15) is 22.8 Å². The van der Waals surface area contributed by atoms with Crippen LogP contribution >= 0.6 is 23.5 Å². The minimum atomic E-state index is 0.401. The first kappa shape index (κ1) is 44.9. The van der Waals surface area contributed by atoms with E-state index in [-0.39, 0.29) is 0 Å². The summed E-state index contributed by atoms with van der Waals surface area (Å²) in [5.41, 5.74) is 11.8. The Labute approximate surface area is 445 Å². The molecule has 0 saturated heterocycles. The molecule has 14 rings (SSSR count). The van der Waals surface area contributed by atoms with Crippen LogP contribution in [0.25, 0.3) is 80.0 Å². The Morgan fingerprint density at radius 2 is 0.526 bits per heavy atom. The fraction of sp³-hybridized carbons (Fsp3) is 0. The molecule has 0 unspecified atom stereocenters. The lowest BCUT2D eigenvalue weighted by Gasteiger charge is -2.36. The van der Waals surface area contributed by atoms with E-state index in [9.17, 15) is 0 Å². The average molecular weight is 1020 g/mol. The summed E-state index contributed by atoms with van der Waals surface area (Å²) in [7, 11) is 0. The lowest BCUT2D eigenvalue weighted by molar-refractivity contribution is 1.04. The third kappa shape index (κ3) is 8.46. The van der Waals surface area contributed by atoms with Gasteiger partial charge in [-0.15, -0.1) is 0 Å². The summed E-state index contributed by atoms with van der Waals surface area (Å²) in [6.45, 7) is 0. The summed E-state index contributed by atoms with van der Waals surface area (Å²) in [6, 6.07) is 70.3. The van der Waals surface area contributed by atoms with Gasteiger partial charge in [0.15, 0.2) is 34.9 Å². The molecule has 0 N–H and O–H groups in total. The van der Waals surface area contributed by atoms with Crippen LogP contribution in [0.5, 0.6) is 0 Å². The molecule has 0 bridgehead atoms. The number of hydrogen-bond donors (Lipinski definition) is 0. The van der Waals surface area contributed by atoms with Crippen LogP contribution < -0.4 is 9.80 Å². The molecule has 0 spiro atoms. The van der Waals surface area contributed by atoms with Gasteiger partial charge in [-0.05, 0) is 145 Å². The van der Waals surface area contributed by atoms with Crippen LogP contribution in [0.4, 0.5) is 34.1 Å². The highest BCUT2D eigenvalue weighted by atomic mass is 32.2. The highest BCUT2D eigenvalue weighted by Gasteiger charge is 2.29. The van der Waals surface area contributed by atoms with Crippen molar-refractivity contribution in [3.05, 3.63) is 231 Å². The normalized spacial score (nSPS) is 12.3. The fourth-order valence-corrected chi connectivity index (χ4v) is 11.6. The minimum Gasteiger partial charge on any atom is -0.308 e. The highest BCUT2D eigenvalue weighted by molar-refractivity contribution is 8.00. The number of aromatic nitrogens is 10. The van der Waals surface area contributed by atoms with E-state index in [0.29, 0.717) is 68.8 Å². The summed E-state index contributed by atoms with van der Waals surface area (Å²) in [5, 5.41) is 0. The summed E-state index contributed by atoms with van der Waals surface area (Å²) in [5.74, 6) is 2.42. The number of benzene rings is 6. The molecule has 0 radical (unpaired) electrons. The Morgan fingerprint density at radius 1 is 0.250 bits per heavy atom. The summed E-state index contributed by atoms with van der Waals surface area (Å²) in [4.78, 5) is 58.7. The van der Waals surface area contributed by atoms with Crippen molar-refractivity contribution < 1.29 is 0 Å². The van der Waals surface area contributed by atoms with Crippen LogP contribution in [0.1, 0.15) is 0 Å². The Balaban J connectivity index is 1.06. The van der Waals surface area contributed by atoms with Gasteiger partial charge in [0.25, 0.3) is 0 Å². The summed E-state index contributed by atoms with van der Waals surface area (Å²) < 4.78 is 0. The molecule has 12 aromatic rings. The second kappa shape index (κ2) is 19.3. The van der Waals surface area contributed by atoms with Crippen LogP contribution in [-0.2, 0) is 0 Å². The molecule has 0 saturated carbocycles. The molecule has 76 heavy (non-hydrogen) atoms.